The Hall–Kier alpha value is -1.00. The number of ether oxygens (including phenoxy) is 1. The first-order valence-electron chi connectivity index (χ1n) is 4.18. The molecule has 1 aromatic carbocycles. The summed E-state index contributed by atoms with van der Waals surface area (Å²) in [5, 5.41) is 0.969. The van der Waals surface area contributed by atoms with Crippen LogP contribution in [0.4, 0.5) is 5.69 Å². The van der Waals surface area contributed by atoms with E-state index >= 15 is 0 Å². The third-order valence-corrected chi connectivity index (χ3v) is 2.23. The molecule has 0 aliphatic rings. The summed E-state index contributed by atoms with van der Waals surface area (Å²) in [6.45, 7) is 1.34. The van der Waals surface area contributed by atoms with Gasteiger partial charge in [0.15, 0.2) is 0 Å². The average molecular weight is 244 g/mol. The Morgan fingerprint density at radius 1 is 1.40 bits per heavy atom. The van der Waals surface area contributed by atoms with Gasteiger partial charge in [-0.3, -0.25) is 4.79 Å². The molecular formula is C10H10ClNO2S. The lowest BCUT2D eigenvalue weighted by Crippen LogP contribution is -2.04. The Kier molecular flexibility index (Phi) is 4.65. The Bertz CT molecular complexity index is 376. The number of thioether (sulfide) groups is 1. The van der Waals surface area contributed by atoms with E-state index in [1.807, 2.05) is 0 Å². The highest BCUT2D eigenvalue weighted by atomic mass is 35.5. The van der Waals surface area contributed by atoms with Gasteiger partial charge in [0.2, 0.25) is 0 Å². The largest absolute Gasteiger partial charge is 0.401 e. The number of carbonyl (C=O) groups excluding carboxylic acids is 1. The summed E-state index contributed by atoms with van der Waals surface area (Å²) in [6, 6.07) is 6.96. The number of aliphatic imine (C=N–C) groups is 1. The molecule has 5 heteroatoms. The average Bonchev–Trinajstić information content (AvgIpc) is 2.19. The molecule has 80 valence electrons. The molecule has 0 radical (unpaired) electrons. The molecule has 0 amide bonds. The molecule has 0 heterocycles. The normalized spacial score (nSPS) is 11.3. The maximum Gasteiger partial charge on any atom is 0.309 e. The highest BCUT2D eigenvalue weighted by molar-refractivity contribution is 8.13. The molecule has 1 rings (SSSR count). The molecule has 0 aromatic heterocycles. The molecular weight excluding hydrogens is 234 g/mol. The van der Waals surface area contributed by atoms with Gasteiger partial charge in [0.05, 0.1) is 5.69 Å². The highest BCUT2D eigenvalue weighted by Gasteiger charge is 2.02. The molecule has 0 aliphatic carbocycles. The lowest BCUT2D eigenvalue weighted by atomic mass is 10.3. The smallest absolute Gasteiger partial charge is 0.309 e. The fraction of sp³-hybridized carbons (Fsp3) is 0.200. The molecule has 3 nitrogen and oxygen atoms in total. The molecule has 0 saturated heterocycles. The van der Waals surface area contributed by atoms with Crippen molar-refractivity contribution in [2.75, 3.05) is 6.26 Å². The monoisotopic (exact) mass is 243 g/mol. The maximum atomic E-state index is 10.7. The van der Waals surface area contributed by atoms with E-state index < -0.39 is 0 Å². The van der Waals surface area contributed by atoms with E-state index in [1.54, 1.807) is 30.5 Å². The molecule has 0 N–H and O–H groups in total. The van der Waals surface area contributed by atoms with Crippen molar-refractivity contribution in [1.29, 1.82) is 0 Å². The van der Waals surface area contributed by atoms with Crippen molar-refractivity contribution >= 4 is 40.2 Å². The molecule has 0 fully saturated rings. The Morgan fingerprint density at radius 2 is 2.00 bits per heavy atom. The zero-order chi connectivity index (χ0) is 11.3. The van der Waals surface area contributed by atoms with Gasteiger partial charge in [-0.05, 0) is 30.5 Å². The molecule has 15 heavy (non-hydrogen) atoms. The van der Waals surface area contributed by atoms with Crippen molar-refractivity contribution < 1.29 is 9.53 Å². The second-order valence-electron chi connectivity index (χ2n) is 2.65. The predicted molar refractivity (Wildman–Crippen MR) is 63.8 cm³/mol. The number of rotatable bonds is 1. The number of hydrogen-bond acceptors (Lipinski definition) is 4. The molecule has 0 saturated carbocycles. The van der Waals surface area contributed by atoms with Crippen molar-refractivity contribution in [2.24, 2.45) is 4.99 Å². The fourth-order valence-corrected chi connectivity index (χ4v) is 1.38. The van der Waals surface area contributed by atoms with Crippen LogP contribution in [0.5, 0.6) is 0 Å². The van der Waals surface area contributed by atoms with Gasteiger partial charge in [-0.15, -0.1) is 0 Å². The maximum absolute atomic E-state index is 10.7. The summed E-state index contributed by atoms with van der Waals surface area (Å²) in [4.78, 5) is 14.9. The predicted octanol–water partition coefficient (Wildman–Crippen LogP) is 3.25. The minimum Gasteiger partial charge on any atom is -0.401 e. The van der Waals surface area contributed by atoms with Gasteiger partial charge in [0.25, 0.3) is 5.23 Å². The molecule has 0 atom stereocenters. The SMILES string of the molecule is CSC(=Nc1ccc(Cl)cc1)OC(C)=O. The summed E-state index contributed by atoms with van der Waals surface area (Å²) >= 11 is 7.00. The summed E-state index contributed by atoms with van der Waals surface area (Å²) in [7, 11) is 0. The molecule has 0 aliphatic heterocycles. The summed E-state index contributed by atoms with van der Waals surface area (Å²) < 4.78 is 4.87. The van der Waals surface area contributed by atoms with E-state index in [0.717, 1.165) is 0 Å². The zero-order valence-electron chi connectivity index (χ0n) is 8.36. The minimum absolute atomic E-state index is 0.324. The lowest BCUT2D eigenvalue weighted by Gasteiger charge is -2.01. The first kappa shape index (κ1) is 12.1. The first-order valence-corrected chi connectivity index (χ1v) is 5.79. The van der Waals surface area contributed by atoms with Crippen LogP contribution in [0.3, 0.4) is 0 Å². The summed E-state index contributed by atoms with van der Waals surface area (Å²) in [6.07, 6.45) is 1.79. The summed E-state index contributed by atoms with van der Waals surface area (Å²) in [5.74, 6) is -0.378. The van der Waals surface area contributed by atoms with E-state index in [9.17, 15) is 4.79 Å². The molecule has 0 spiro atoms. The second kappa shape index (κ2) is 5.78. The van der Waals surface area contributed by atoms with Crippen LogP contribution in [0.2, 0.25) is 5.02 Å². The molecule has 0 unspecified atom stereocenters. The van der Waals surface area contributed by atoms with Crippen LogP contribution in [0.15, 0.2) is 29.3 Å². The minimum atomic E-state index is -0.378. The van der Waals surface area contributed by atoms with Crippen LogP contribution >= 0.6 is 23.4 Å². The van der Waals surface area contributed by atoms with Crippen molar-refractivity contribution in [2.45, 2.75) is 6.92 Å². The van der Waals surface area contributed by atoms with Crippen molar-refractivity contribution in [3.63, 3.8) is 0 Å². The van der Waals surface area contributed by atoms with Gasteiger partial charge in [-0.25, -0.2) is 4.99 Å². The fourth-order valence-electron chi connectivity index (χ4n) is 0.854. The quantitative estimate of drug-likeness (QED) is 0.432. The van der Waals surface area contributed by atoms with E-state index in [2.05, 4.69) is 4.99 Å². The van der Waals surface area contributed by atoms with Gasteiger partial charge >= 0.3 is 5.97 Å². The van der Waals surface area contributed by atoms with Crippen LogP contribution in [-0.2, 0) is 9.53 Å². The number of hydrogen-bond donors (Lipinski definition) is 0. The van der Waals surface area contributed by atoms with Gasteiger partial charge < -0.3 is 4.74 Å². The Labute approximate surface area is 97.5 Å². The van der Waals surface area contributed by atoms with Crippen LogP contribution in [-0.4, -0.2) is 17.5 Å². The topological polar surface area (TPSA) is 38.7 Å². The standard InChI is InChI=1S/C10H10ClNO2S/c1-7(13)14-10(15-2)12-9-5-3-8(11)4-6-9/h3-6H,1-2H3. The van der Waals surface area contributed by atoms with Crippen molar-refractivity contribution in [3.8, 4) is 0 Å². The van der Waals surface area contributed by atoms with Gasteiger partial charge in [0.1, 0.15) is 0 Å². The lowest BCUT2D eigenvalue weighted by molar-refractivity contribution is -0.132. The van der Waals surface area contributed by atoms with Crippen molar-refractivity contribution in [1.82, 2.24) is 0 Å². The van der Waals surface area contributed by atoms with Gasteiger partial charge in [-0.2, -0.15) is 0 Å². The number of benzene rings is 1. The van der Waals surface area contributed by atoms with Gasteiger partial charge in [0, 0.05) is 11.9 Å². The van der Waals surface area contributed by atoms with Crippen molar-refractivity contribution in [3.05, 3.63) is 29.3 Å². The third kappa shape index (κ3) is 4.36. The number of carbonyl (C=O) groups is 1. The van der Waals surface area contributed by atoms with E-state index in [4.69, 9.17) is 16.3 Å². The Balaban J connectivity index is 2.83. The van der Waals surface area contributed by atoms with Crippen LogP contribution < -0.4 is 0 Å². The number of halogens is 1. The molecule has 0 bridgehead atoms. The van der Waals surface area contributed by atoms with E-state index in [0.29, 0.717) is 15.9 Å². The van der Waals surface area contributed by atoms with E-state index in [1.165, 1.54) is 18.7 Å². The highest BCUT2D eigenvalue weighted by Crippen LogP contribution is 2.18. The third-order valence-electron chi connectivity index (χ3n) is 1.45. The number of nitrogens with zero attached hydrogens (tertiary/aromatic N) is 1. The van der Waals surface area contributed by atoms with Gasteiger partial charge in [-0.1, -0.05) is 23.4 Å². The zero-order valence-corrected chi connectivity index (χ0v) is 9.93. The van der Waals surface area contributed by atoms with Crippen LogP contribution in [0.1, 0.15) is 6.92 Å². The molecule has 1 aromatic rings. The van der Waals surface area contributed by atoms with Crippen LogP contribution in [0.25, 0.3) is 0 Å². The summed E-state index contributed by atoms with van der Waals surface area (Å²) in [5.41, 5.74) is 0.699. The second-order valence-corrected chi connectivity index (χ2v) is 3.85. The first-order chi connectivity index (χ1) is 7.11. The van der Waals surface area contributed by atoms with Crippen LogP contribution in [0, 0.1) is 0 Å². The number of esters is 1. The van der Waals surface area contributed by atoms with E-state index in [-0.39, 0.29) is 5.97 Å². The Morgan fingerprint density at radius 3 is 2.47 bits per heavy atom.